The van der Waals surface area contributed by atoms with Gasteiger partial charge in [-0.2, -0.15) is 5.10 Å². The summed E-state index contributed by atoms with van der Waals surface area (Å²) < 4.78 is 0. The summed E-state index contributed by atoms with van der Waals surface area (Å²) in [6, 6.07) is 8.51. The molecule has 0 bridgehead atoms. The molecule has 6 heteroatoms. The fourth-order valence-corrected chi connectivity index (χ4v) is 1.83. The largest absolute Gasteiger partial charge is 0.354 e. The lowest BCUT2D eigenvalue weighted by atomic mass is 10.1. The molecule has 0 aliphatic rings. The molecule has 106 valence electrons. The van der Waals surface area contributed by atoms with E-state index in [4.69, 9.17) is 0 Å². The summed E-state index contributed by atoms with van der Waals surface area (Å²) >= 11 is 0. The Bertz CT molecular complexity index is 559. The van der Waals surface area contributed by atoms with Crippen molar-refractivity contribution in [2.24, 2.45) is 4.99 Å². The van der Waals surface area contributed by atoms with E-state index in [2.05, 4.69) is 56.8 Å². The van der Waals surface area contributed by atoms with Gasteiger partial charge in [0, 0.05) is 25.2 Å². The molecule has 1 aromatic carbocycles. The second-order valence-electron chi connectivity index (χ2n) is 4.76. The van der Waals surface area contributed by atoms with E-state index in [0.717, 1.165) is 22.9 Å². The molecule has 0 atom stereocenters. The highest BCUT2D eigenvalue weighted by atomic mass is 15.2. The number of nitrogens with zero attached hydrogens (tertiary/aromatic N) is 3. The van der Waals surface area contributed by atoms with Gasteiger partial charge in [-0.25, -0.2) is 4.98 Å². The van der Waals surface area contributed by atoms with Gasteiger partial charge in [-0.15, -0.1) is 0 Å². The molecule has 1 heterocycles. The van der Waals surface area contributed by atoms with Crippen LogP contribution >= 0.6 is 0 Å². The van der Waals surface area contributed by atoms with Crippen molar-refractivity contribution < 1.29 is 0 Å². The van der Waals surface area contributed by atoms with Gasteiger partial charge in [-0.1, -0.05) is 18.2 Å². The molecule has 0 saturated carbocycles. The number of nitrogens with one attached hydrogen (secondary N) is 3. The Balaban J connectivity index is 2.02. The number of hydrogen-bond donors (Lipinski definition) is 3. The second-order valence-corrected chi connectivity index (χ2v) is 4.76. The minimum absolute atomic E-state index is 0.349. The standard InChI is InChI=1S/C14H20N6/c1-10(2)19-14(15-3)16-8-11-5-4-6-12(7-11)13-17-9-18-20-13/h4-7,9-10H,8H2,1-3H3,(H2,15,16,19)(H,17,18,20). The molecule has 0 aliphatic carbocycles. The first kappa shape index (κ1) is 14.0. The maximum Gasteiger partial charge on any atom is 0.191 e. The van der Waals surface area contributed by atoms with Crippen molar-refractivity contribution in [3.8, 4) is 11.4 Å². The highest BCUT2D eigenvalue weighted by molar-refractivity contribution is 5.79. The van der Waals surface area contributed by atoms with E-state index in [1.165, 1.54) is 6.33 Å². The van der Waals surface area contributed by atoms with Crippen molar-refractivity contribution in [3.63, 3.8) is 0 Å². The van der Waals surface area contributed by atoms with Crippen LogP contribution < -0.4 is 10.6 Å². The number of aromatic amines is 1. The van der Waals surface area contributed by atoms with Crippen LogP contribution in [0.5, 0.6) is 0 Å². The van der Waals surface area contributed by atoms with Gasteiger partial charge in [0.2, 0.25) is 0 Å². The normalized spacial score (nSPS) is 11.7. The van der Waals surface area contributed by atoms with Crippen LogP contribution in [0.15, 0.2) is 35.6 Å². The number of guanidine groups is 1. The minimum atomic E-state index is 0.349. The third kappa shape index (κ3) is 3.81. The van der Waals surface area contributed by atoms with Gasteiger partial charge in [-0.3, -0.25) is 10.1 Å². The number of aliphatic imine (C=N–C) groups is 1. The molecule has 0 fully saturated rings. The van der Waals surface area contributed by atoms with Crippen molar-refractivity contribution in [1.82, 2.24) is 25.8 Å². The van der Waals surface area contributed by atoms with Crippen molar-refractivity contribution in [1.29, 1.82) is 0 Å². The van der Waals surface area contributed by atoms with Crippen LogP contribution in [0.2, 0.25) is 0 Å². The topological polar surface area (TPSA) is 78.0 Å². The zero-order valence-electron chi connectivity index (χ0n) is 12.0. The van der Waals surface area contributed by atoms with E-state index in [9.17, 15) is 0 Å². The lowest BCUT2D eigenvalue weighted by Gasteiger charge is -2.14. The van der Waals surface area contributed by atoms with Crippen molar-refractivity contribution >= 4 is 5.96 Å². The van der Waals surface area contributed by atoms with Crippen LogP contribution in [0.1, 0.15) is 19.4 Å². The molecule has 0 amide bonds. The highest BCUT2D eigenvalue weighted by Crippen LogP contribution is 2.15. The fourth-order valence-electron chi connectivity index (χ4n) is 1.83. The van der Waals surface area contributed by atoms with Gasteiger partial charge >= 0.3 is 0 Å². The van der Waals surface area contributed by atoms with Crippen LogP contribution in [0.4, 0.5) is 0 Å². The molecule has 0 unspecified atom stereocenters. The van der Waals surface area contributed by atoms with Crippen LogP contribution in [-0.4, -0.2) is 34.2 Å². The molecule has 2 rings (SSSR count). The average Bonchev–Trinajstić information content (AvgIpc) is 2.97. The maximum atomic E-state index is 4.18. The number of hydrogen-bond acceptors (Lipinski definition) is 3. The van der Waals surface area contributed by atoms with Gasteiger partial charge in [0.25, 0.3) is 0 Å². The Labute approximate surface area is 118 Å². The monoisotopic (exact) mass is 272 g/mol. The Kier molecular flexibility index (Phi) is 4.70. The summed E-state index contributed by atoms with van der Waals surface area (Å²) in [7, 11) is 1.77. The number of H-pyrrole nitrogens is 1. The van der Waals surface area contributed by atoms with E-state index < -0.39 is 0 Å². The van der Waals surface area contributed by atoms with Gasteiger partial charge in [0.05, 0.1) is 0 Å². The predicted octanol–water partition coefficient (Wildman–Crippen LogP) is 1.55. The lowest BCUT2D eigenvalue weighted by molar-refractivity contribution is 0.699. The summed E-state index contributed by atoms with van der Waals surface area (Å²) in [5.41, 5.74) is 2.18. The minimum Gasteiger partial charge on any atom is -0.354 e. The predicted molar refractivity (Wildman–Crippen MR) is 80.3 cm³/mol. The van der Waals surface area contributed by atoms with E-state index in [1.807, 2.05) is 12.1 Å². The van der Waals surface area contributed by atoms with E-state index >= 15 is 0 Å². The first-order valence-electron chi connectivity index (χ1n) is 6.61. The Hall–Kier alpha value is -2.37. The summed E-state index contributed by atoms with van der Waals surface area (Å²) in [5.74, 6) is 1.57. The van der Waals surface area contributed by atoms with Crippen LogP contribution in [-0.2, 0) is 6.54 Å². The summed E-state index contributed by atoms with van der Waals surface area (Å²) in [4.78, 5) is 8.34. The molecule has 3 N–H and O–H groups in total. The second kappa shape index (κ2) is 6.70. The molecule has 2 aromatic rings. The Morgan fingerprint density at radius 3 is 2.90 bits per heavy atom. The molecular formula is C14H20N6. The third-order valence-corrected chi connectivity index (χ3v) is 2.72. The molecule has 6 nitrogen and oxygen atoms in total. The zero-order chi connectivity index (χ0) is 14.4. The van der Waals surface area contributed by atoms with Gasteiger partial charge < -0.3 is 10.6 Å². The maximum absolute atomic E-state index is 4.18. The Morgan fingerprint density at radius 1 is 1.40 bits per heavy atom. The van der Waals surface area contributed by atoms with Crippen molar-refractivity contribution in [3.05, 3.63) is 36.2 Å². The molecule has 0 radical (unpaired) electrons. The smallest absolute Gasteiger partial charge is 0.191 e. The van der Waals surface area contributed by atoms with Gasteiger partial charge in [0.1, 0.15) is 6.33 Å². The van der Waals surface area contributed by atoms with Crippen molar-refractivity contribution in [2.45, 2.75) is 26.4 Å². The van der Waals surface area contributed by atoms with Crippen LogP contribution in [0.25, 0.3) is 11.4 Å². The molecule has 20 heavy (non-hydrogen) atoms. The SMILES string of the molecule is CN=C(NCc1cccc(-c2ncn[nH]2)c1)NC(C)C. The number of aromatic nitrogens is 3. The van der Waals surface area contributed by atoms with Crippen molar-refractivity contribution in [2.75, 3.05) is 7.05 Å². The van der Waals surface area contributed by atoms with E-state index in [0.29, 0.717) is 12.6 Å². The van der Waals surface area contributed by atoms with E-state index in [1.54, 1.807) is 7.05 Å². The lowest BCUT2D eigenvalue weighted by Crippen LogP contribution is -2.40. The molecule has 1 aromatic heterocycles. The molecule has 0 spiro atoms. The summed E-state index contributed by atoms with van der Waals surface area (Å²) in [6.45, 7) is 4.86. The summed E-state index contributed by atoms with van der Waals surface area (Å²) in [5, 5.41) is 13.3. The first-order chi connectivity index (χ1) is 9.69. The van der Waals surface area contributed by atoms with Crippen LogP contribution in [0, 0.1) is 0 Å². The highest BCUT2D eigenvalue weighted by Gasteiger charge is 2.03. The number of benzene rings is 1. The van der Waals surface area contributed by atoms with Gasteiger partial charge in [-0.05, 0) is 25.5 Å². The quantitative estimate of drug-likeness (QED) is 0.583. The fraction of sp³-hybridized carbons (Fsp3) is 0.357. The zero-order valence-corrected chi connectivity index (χ0v) is 12.0. The molecule has 0 aliphatic heterocycles. The first-order valence-corrected chi connectivity index (χ1v) is 6.61. The average molecular weight is 272 g/mol. The summed E-state index contributed by atoms with van der Waals surface area (Å²) in [6.07, 6.45) is 1.51. The van der Waals surface area contributed by atoms with Crippen LogP contribution in [0.3, 0.4) is 0 Å². The van der Waals surface area contributed by atoms with E-state index in [-0.39, 0.29) is 0 Å². The van der Waals surface area contributed by atoms with Gasteiger partial charge in [0.15, 0.2) is 11.8 Å². The Morgan fingerprint density at radius 2 is 2.25 bits per heavy atom. The molecule has 0 saturated heterocycles. The third-order valence-electron chi connectivity index (χ3n) is 2.72. The number of rotatable bonds is 4. The molecular weight excluding hydrogens is 252 g/mol.